The number of hydrogen-bond donors (Lipinski definition) is 0. The molecule has 2 aromatic rings. The molecule has 0 heterocycles. The number of azide groups is 1. The molecule has 0 spiro atoms. The summed E-state index contributed by atoms with van der Waals surface area (Å²) in [6, 6.07) is 15.3. The fourth-order valence-corrected chi connectivity index (χ4v) is 2.64. The van der Waals surface area contributed by atoms with Crippen molar-refractivity contribution in [3.05, 3.63) is 69.6 Å². The van der Waals surface area contributed by atoms with Crippen molar-refractivity contribution < 1.29 is 0 Å². The summed E-state index contributed by atoms with van der Waals surface area (Å²) in [5.74, 6) is 0.790. The lowest BCUT2D eigenvalue weighted by Gasteiger charge is -2.05. The maximum Gasteiger partial charge on any atom is 0.0511 e. The molecule has 0 bridgehead atoms. The van der Waals surface area contributed by atoms with Crippen LogP contribution in [0.4, 0.5) is 5.69 Å². The van der Waals surface area contributed by atoms with Crippen LogP contribution in [0.3, 0.4) is 0 Å². The Bertz CT molecular complexity index is 594. The molecular formula is C13H10ClN3S. The highest BCUT2D eigenvalue weighted by Gasteiger charge is 2.01. The Hall–Kier alpha value is -1.61. The van der Waals surface area contributed by atoms with E-state index in [-0.39, 0.29) is 0 Å². The molecule has 0 aliphatic carbocycles. The van der Waals surface area contributed by atoms with Gasteiger partial charge in [-0.15, -0.1) is 11.8 Å². The van der Waals surface area contributed by atoms with E-state index in [9.17, 15) is 0 Å². The highest BCUT2D eigenvalue weighted by Crippen LogP contribution is 2.32. The lowest BCUT2D eigenvalue weighted by molar-refractivity contribution is 1.33. The molecule has 0 N–H and O–H groups in total. The van der Waals surface area contributed by atoms with Crippen molar-refractivity contribution in [2.45, 2.75) is 10.6 Å². The molecule has 0 fully saturated rings. The van der Waals surface area contributed by atoms with Crippen molar-refractivity contribution in [2.75, 3.05) is 0 Å². The SMILES string of the molecule is [N-]=[N+]=Nc1ccccc1SCc1cccc(Cl)c1. The summed E-state index contributed by atoms with van der Waals surface area (Å²) < 4.78 is 0. The van der Waals surface area contributed by atoms with E-state index >= 15 is 0 Å². The number of nitrogens with zero attached hydrogens (tertiary/aromatic N) is 3. The van der Waals surface area contributed by atoms with Crippen LogP contribution in [0.2, 0.25) is 5.02 Å². The minimum absolute atomic E-state index is 0.659. The molecule has 0 unspecified atom stereocenters. The van der Waals surface area contributed by atoms with E-state index in [2.05, 4.69) is 10.0 Å². The van der Waals surface area contributed by atoms with Crippen LogP contribution in [0.15, 0.2) is 58.5 Å². The summed E-state index contributed by atoms with van der Waals surface area (Å²) in [7, 11) is 0. The number of halogens is 1. The van der Waals surface area contributed by atoms with Gasteiger partial charge in [-0.2, -0.15) is 0 Å². The lowest BCUT2D eigenvalue weighted by atomic mass is 10.2. The van der Waals surface area contributed by atoms with Crippen molar-refractivity contribution in [2.24, 2.45) is 5.11 Å². The summed E-state index contributed by atoms with van der Waals surface area (Å²) in [5, 5.41) is 4.40. The molecule has 0 atom stereocenters. The third-order valence-electron chi connectivity index (χ3n) is 2.30. The largest absolute Gasteiger partial charge is 0.121 e. The molecule has 2 aromatic carbocycles. The van der Waals surface area contributed by atoms with Crippen LogP contribution < -0.4 is 0 Å². The number of hydrogen-bond acceptors (Lipinski definition) is 2. The monoisotopic (exact) mass is 275 g/mol. The standard InChI is InChI=1S/C13H10ClN3S/c14-11-5-3-4-10(8-11)9-18-13-7-2-1-6-12(13)16-17-15/h1-8H,9H2. The maximum atomic E-state index is 8.50. The molecule has 90 valence electrons. The van der Waals surface area contributed by atoms with Gasteiger partial charge in [0, 0.05) is 20.6 Å². The van der Waals surface area contributed by atoms with Gasteiger partial charge in [0.15, 0.2) is 0 Å². The van der Waals surface area contributed by atoms with Crippen LogP contribution in [0.5, 0.6) is 0 Å². The average Bonchev–Trinajstić information content (AvgIpc) is 2.38. The second-order valence-electron chi connectivity index (χ2n) is 3.58. The Morgan fingerprint density at radius 3 is 2.78 bits per heavy atom. The van der Waals surface area contributed by atoms with Gasteiger partial charge in [-0.25, -0.2) is 0 Å². The number of benzene rings is 2. The molecule has 0 aliphatic rings. The molecule has 2 rings (SSSR count). The quantitative estimate of drug-likeness (QED) is 0.311. The second-order valence-corrected chi connectivity index (χ2v) is 5.03. The smallest absolute Gasteiger partial charge is 0.0511 e. The van der Waals surface area contributed by atoms with Gasteiger partial charge in [0.1, 0.15) is 0 Å². The van der Waals surface area contributed by atoms with Crippen LogP contribution in [0.25, 0.3) is 10.4 Å². The predicted octanol–water partition coefficient (Wildman–Crippen LogP) is 5.57. The van der Waals surface area contributed by atoms with Crippen LogP contribution >= 0.6 is 23.4 Å². The van der Waals surface area contributed by atoms with Crippen molar-refractivity contribution >= 4 is 29.1 Å². The van der Waals surface area contributed by atoms with Gasteiger partial charge in [0.2, 0.25) is 0 Å². The molecule has 0 saturated carbocycles. The van der Waals surface area contributed by atoms with Gasteiger partial charge in [0.25, 0.3) is 0 Å². The van der Waals surface area contributed by atoms with E-state index in [1.165, 1.54) is 0 Å². The maximum absolute atomic E-state index is 8.50. The Kier molecular flexibility index (Phi) is 4.53. The molecule has 0 saturated heterocycles. The molecule has 3 nitrogen and oxygen atoms in total. The van der Waals surface area contributed by atoms with E-state index in [1.807, 2.05) is 42.5 Å². The third-order valence-corrected chi connectivity index (χ3v) is 3.67. The highest BCUT2D eigenvalue weighted by molar-refractivity contribution is 7.98. The molecule has 0 amide bonds. The normalized spacial score (nSPS) is 9.83. The van der Waals surface area contributed by atoms with Gasteiger partial charge >= 0.3 is 0 Å². The Labute approximate surface area is 114 Å². The van der Waals surface area contributed by atoms with Crippen molar-refractivity contribution in [1.29, 1.82) is 0 Å². The zero-order valence-electron chi connectivity index (χ0n) is 9.45. The van der Waals surface area contributed by atoms with E-state index in [4.69, 9.17) is 17.1 Å². The fraction of sp³-hybridized carbons (Fsp3) is 0.0769. The Morgan fingerprint density at radius 1 is 1.17 bits per heavy atom. The molecule has 0 aliphatic heterocycles. The topological polar surface area (TPSA) is 48.8 Å². The summed E-state index contributed by atoms with van der Waals surface area (Å²) in [5.41, 5.74) is 10.3. The van der Waals surface area contributed by atoms with Crippen LogP contribution in [-0.4, -0.2) is 0 Å². The molecule has 5 heteroatoms. The van der Waals surface area contributed by atoms with Crippen molar-refractivity contribution in [3.8, 4) is 0 Å². The van der Waals surface area contributed by atoms with E-state index in [0.717, 1.165) is 21.2 Å². The Morgan fingerprint density at radius 2 is 2.00 bits per heavy atom. The van der Waals surface area contributed by atoms with Gasteiger partial charge in [0.05, 0.1) is 5.69 Å². The number of thioether (sulfide) groups is 1. The molecule has 0 radical (unpaired) electrons. The van der Waals surface area contributed by atoms with Crippen LogP contribution in [-0.2, 0) is 5.75 Å². The van der Waals surface area contributed by atoms with E-state index in [1.54, 1.807) is 17.8 Å². The first-order chi connectivity index (χ1) is 8.79. The van der Waals surface area contributed by atoms with Crippen LogP contribution in [0, 0.1) is 0 Å². The van der Waals surface area contributed by atoms with E-state index in [0.29, 0.717) is 5.69 Å². The minimum atomic E-state index is 0.659. The summed E-state index contributed by atoms with van der Waals surface area (Å²) in [4.78, 5) is 3.79. The fourth-order valence-electron chi connectivity index (χ4n) is 1.50. The first-order valence-electron chi connectivity index (χ1n) is 5.31. The van der Waals surface area contributed by atoms with Gasteiger partial charge in [-0.3, -0.25) is 0 Å². The molecular weight excluding hydrogens is 266 g/mol. The predicted molar refractivity (Wildman–Crippen MR) is 76.3 cm³/mol. The summed E-state index contributed by atoms with van der Waals surface area (Å²) >= 11 is 7.56. The summed E-state index contributed by atoms with van der Waals surface area (Å²) in [6.07, 6.45) is 0. The highest BCUT2D eigenvalue weighted by atomic mass is 35.5. The molecule has 18 heavy (non-hydrogen) atoms. The summed E-state index contributed by atoms with van der Waals surface area (Å²) in [6.45, 7) is 0. The zero-order valence-corrected chi connectivity index (χ0v) is 11.0. The van der Waals surface area contributed by atoms with Gasteiger partial charge in [-0.1, -0.05) is 47.0 Å². The van der Waals surface area contributed by atoms with E-state index < -0.39 is 0 Å². The van der Waals surface area contributed by atoms with Crippen LogP contribution in [0.1, 0.15) is 5.56 Å². The minimum Gasteiger partial charge on any atom is -0.121 e. The third kappa shape index (κ3) is 3.44. The first kappa shape index (κ1) is 12.8. The lowest BCUT2D eigenvalue weighted by Crippen LogP contribution is -1.80. The van der Waals surface area contributed by atoms with Crippen molar-refractivity contribution in [3.63, 3.8) is 0 Å². The number of rotatable bonds is 4. The molecule has 0 aromatic heterocycles. The van der Waals surface area contributed by atoms with Gasteiger partial charge < -0.3 is 0 Å². The second kappa shape index (κ2) is 6.36. The first-order valence-corrected chi connectivity index (χ1v) is 6.67. The van der Waals surface area contributed by atoms with Crippen molar-refractivity contribution in [1.82, 2.24) is 0 Å². The zero-order chi connectivity index (χ0) is 12.8. The Balaban J connectivity index is 2.13. The average molecular weight is 276 g/mol. The van der Waals surface area contributed by atoms with Gasteiger partial charge in [-0.05, 0) is 29.3 Å².